The van der Waals surface area contributed by atoms with E-state index in [4.69, 9.17) is 0 Å². The van der Waals surface area contributed by atoms with Gasteiger partial charge in [-0.2, -0.15) is 0 Å². The molecule has 21 heavy (non-hydrogen) atoms. The Balaban J connectivity index is 2.01. The van der Waals surface area contributed by atoms with Gasteiger partial charge in [-0.05, 0) is 68.3 Å². The second-order valence-corrected chi connectivity index (χ2v) is 8.40. The standard InChI is InChI=1S/C20H30O/c1-12(2)15-8-9-20(5)11-17-14(4)19(21)10-16(17)13(3)6-7-18(15)20/h6,12,15-16,18H,7-11H2,1-5H3. The van der Waals surface area contributed by atoms with Gasteiger partial charge in [0.1, 0.15) is 0 Å². The van der Waals surface area contributed by atoms with Gasteiger partial charge in [-0.3, -0.25) is 4.79 Å². The Bertz CT molecular complexity index is 522. The Morgan fingerprint density at radius 3 is 2.67 bits per heavy atom. The summed E-state index contributed by atoms with van der Waals surface area (Å²) in [6, 6.07) is 0. The number of rotatable bonds is 1. The van der Waals surface area contributed by atoms with Crippen LogP contribution in [0.1, 0.15) is 66.7 Å². The van der Waals surface area contributed by atoms with Gasteiger partial charge >= 0.3 is 0 Å². The molecule has 0 aromatic rings. The largest absolute Gasteiger partial charge is 0.295 e. The second-order valence-electron chi connectivity index (χ2n) is 8.40. The van der Waals surface area contributed by atoms with Crippen LogP contribution in [0.4, 0.5) is 0 Å². The van der Waals surface area contributed by atoms with Crippen LogP contribution < -0.4 is 0 Å². The van der Waals surface area contributed by atoms with Gasteiger partial charge in [0.05, 0.1) is 0 Å². The first-order chi connectivity index (χ1) is 9.83. The van der Waals surface area contributed by atoms with Crippen molar-refractivity contribution in [2.24, 2.45) is 29.1 Å². The number of fused-ring (bicyclic) bond motifs is 2. The molecule has 1 saturated carbocycles. The summed E-state index contributed by atoms with van der Waals surface area (Å²) in [6.07, 6.45) is 8.30. The van der Waals surface area contributed by atoms with Crippen LogP contribution in [-0.2, 0) is 4.79 Å². The number of hydrogen-bond acceptors (Lipinski definition) is 1. The summed E-state index contributed by atoms with van der Waals surface area (Å²) in [4.78, 5) is 12.2. The van der Waals surface area contributed by atoms with E-state index < -0.39 is 0 Å². The molecule has 0 amide bonds. The minimum atomic E-state index is 0.392. The van der Waals surface area contributed by atoms with Crippen LogP contribution in [0, 0.1) is 29.1 Å². The van der Waals surface area contributed by atoms with E-state index in [2.05, 4.69) is 40.7 Å². The van der Waals surface area contributed by atoms with Crippen molar-refractivity contribution in [1.82, 2.24) is 0 Å². The third-order valence-corrected chi connectivity index (χ3v) is 6.86. The molecular weight excluding hydrogens is 256 g/mol. The second kappa shape index (κ2) is 5.11. The Morgan fingerprint density at radius 2 is 2.00 bits per heavy atom. The Hall–Kier alpha value is -0.850. The highest BCUT2D eigenvalue weighted by molar-refractivity contribution is 5.99. The molecule has 0 aromatic carbocycles. The molecule has 0 bridgehead atoms. The molecule has 0 N–H and O–H groups in total. The highest BCUT2D eigenvalue weighted by atomic mass is 16.1. The summed E-state index contributed by atoms with van der Waals surface area (Å²) in [6.45, 7) is 11.6. The van der Waals surface area contributed by atoms with Gasteiger partial charge in [0.25, 0.3) is 0 Å². The Labute approximate surface area is 129 Å². The van der Waals surface area contributed by atoms with Gasteiger partial charge in [0.2, 0.25) is 0 Å². The predicted octanol–water partition coefficient (Wildman–Crippen LogP) is 5.32. The molecule has 0 radical (unpaired) electrons. The minimum absolute atomic E-state index is 0.392. The minimum Gasteiger partial charge on any atom is -0.295 e. The molecule has 0 heterocycles. The lowest BCUT2D eigenvalue weighted by Crippen LogP contribution is -2.30. The highest BCUT2D eigenvalue weighted by Crippen LogP contribution is 2.57. The lowest BCUT2D eigenvalue weighted by molar-refractivity contribution is -0.115. The fourth-order valence-electron chi connectivity index (χ4n) is 5.36. The maximum Gasteiger partial charge on any atom is 0.159 e. The Morgan fingerprint density at radius 1 is 1.29 bits per heavy atom. The number of allylic oxidation sites excluding steroid dienone is 4. The maximum absolute atomic E-state index is 12.2. The first-order valence-electron chi connectivity index (χ1n) is 8.73. The molecule has 4 unspecified atom stereocenters. The van der Waals surface area contributed by atoms with E-state index in [0.717, 1.165) is 36.2 Å². The van der Waals surface area contributed by atoms with Crippen LogP contribution in [0.5, 0.6) is 0 Å². The zero-order valence-electron chi connectivity index (χ0n) is 14.3. The zero-order valence-corrected chi connectivity index (χ0v) is 14.3. The molecule has 3 rings (SSSR count). The van der Waals surface area contributed by atoms with E-state index in [1.807, 2.05) is 0 Å². The summed E-state index contributed by atoms with van der Waals surface area (Å²) in [7, 11) is 0. The number of Topliss-reactive ketones (excluding diaryl/α,β-unsaturated/α-hetero) is 1. The molecule has 4 atom stereocenters. The van der Waals surface area contributed by atoms with Crippen molar-refractivity contribution in [2.45, 2.75) is 66.7 Å². The van der Waals surface area contributed by atoms with E-state index in [-0.39, 0.29) is 0 Å². The maximum atomic E-state index is 12.2. The number of carbonyl (C=O) groups is 1. The van der Waals surface area contributed by atoms with Gasteiger partial charge in [0, 0.05) is 12.3 Å². The average Bonchev–Trinajstić information content (AvgIpc) is 2.87. The molecule has 3 aliphatic carbocycles. The van der Waals surface area contributed by atoms with Crippen molar-refractivity contribution in [2.75, 3.05) is 0 Å². The van der Waals surface area contributed by atoms with E-state index in [0.29, 0.717) is 17.1 Å². The van der Waals surface area contributed by atoms with Crippen LogP contribution in [0.25, 0.3) is 0 Å². The molecular formula is C20H30O. The summed E-state index contributed by atoms with van der Waals surface area (Å²) in [5.74, 6) is 3.25. The molecule has 3 aliphatic rings. The molecule has 0 aliphatic heterocycles. The fourth-order valence-corrected chi connectivity index (χ4v) is 5.36. The van der Waals surface area contributed by atoms with Crippen LogP contribution >= 0.6 is 0 Å². The molecule has 0 aromatic heterocycles. The molecule has 0 saturated heterocycles. The normalized spacial score (nSPS) is 40.0. The van der Waals surface area contributed by atoms with Crippen LogP contribution in [0.15, 0.2) is 22.8 Å². The number of carbonyl (C=O) groups excluding carboxylic acids is 1. The number of hydrogen-bond donors (Lipinski definition) is 0. The van der Waals surface area contributed by atoms with Crippen LogP contribution in [0.2, 0.25) is 0 Å². The SMILES string of the molecule is CC1=CCC2C(C(C)C)CCC2(C)CC2=C(C)C(=O)CC12. The van der Waals surface area contributed by atoms with E-state index in [1.165, 1.54) is 30.4 Å². The van der Waals surface area contributed by atoms with Crippen LogP contribution in [0.3, 0.4) is 0 Å². The monoisotopic (exact) mass is 286 g/mol. The lowest BCUT2D eigenvalue weighted by atomic mass is 9.66. The summed E-state index contributed by atoms with van der Waals surface area (Å²) < 4.78 is 0. The van der Waals surface area contributed by atoms with Crippen molar-refractivity contribution >= 4 is 5.78 Å². The fraction of sp³-hybridized carbons (Fsp3) is 0.750. The van der Waals surface area contributed by atoms with Gasteiger partial charge < -0.3 is 0 Å². The highest BCUT2D eigenvalue weighted by Gasteiger charge is 2.48. The zero-order chi connectivity index (χ0) is 15.4. The lowest BCUT2D eigenvalue weighted by Gasteiger charge is -2.39. The van der Waals surface area contributed by atoms with Crippen molar-refractivity contribution in [1.29, 1.82) is 0 Å². The third kappa shape index (κ3) is 2.33. The van der Waals surface area contributed by atoms with E-state index in [9.17, 15) is 4.79 Å². The van der Waals surface area contributed by atoms with Gasteiger partial charge in [0.15, 0.2) is 5.78 Å². The average molecular weight is 286 g/mol. The van der Waals surface area contributed by atoms with Gasteiger partial charge in [-0.1, -0.05) is 38.0 Å². The molecule has 116 valence electrons. The third-order valence-electron chi connectivity index (χ3n) is 6.86. The van der Waals surface area contributed by atoms with E-state index >= 15 is 0 Å². The number of ketones is 1. The van der Waals surface area contributed by atoms with Gasteiger partial charge in [-0.25, -0.2) is 0 Å². The Kier molecular flexibility index (Phi) is 3.66. The van der Waals surface area contributed by atoms with Crippen molar-refractivity contribution in [3.8, 4) is 0 Å². The van der Waals surface area contributed by atoms with E-state index in [1.54, 1.807) is 0 Å². The summed E-state index contributed by atoms with van der Waals surface area (Å²) >= 11 is 0. The van der Waals surface area contributed by atoms with Gasteiger partial charge in [-0.15, -0.1) is 0 Å². The molecule has 1 fully saturated rings. The van der Waals surface area contributed by atoms with Crippen molar-refractivity contribution < 1.29 is 4.79 Å². The molecule has 1 nitrogen and oxygen atoms in total. The van der Waals surface area contributed by atoms with Crippen molar-refractivity contribution in [3.63, 3.8) is 0 Å². The van der Waals surface area contributed by atoms with Crippen molar-refractivity contribution in [3.05, 3.63) is 22.8 Å². The first kappa shape index (κ1) is 15.1. The molecule has 0 spiro atoms. The van der Waals surface area contributed by atoms with Crippen LogP contribution in [-0.4, -0.2) is 5.78 Å². The first-order valence-corrected chi connectivity index (χ1v) is 8.73. The smallest absolute Gasteiger partial charge is 0.159 e. The summed E-state index contributed by atoms with van der Waals surface area (Å²) in [5, 5.41) is 0. The predicted molar refractivity (Wildman–Crippen MR) is 88.0 cm³/mol. The molecule has 1 heteroatoms. The topological polar surface area (TPSA) is 17.1 Å². The summed E-state index contributed by atoms with van der Waals surface area (Å²) in [5.41, 5.74) is 4.42. The quantitative estimate of drug-likeness (QED) is 0.596.